The van der Waals surface area contributed by atoms with Crippen LogP contribution in [0.3, 0.4) is 0 Å². The summed E-state index contributed by atoms with van der Waals surface area (Å²) >= 11 is 0. The molecule has 1 aliphatic carbocycles. The number of carbonyl (C=O) groups is 1. The van der Waals surface area contributed by atoms with E-state index in [-0.39, 0.29) is 12.0 Å². The highest BCUT2D eigenvalue weighted by Gasteiger charge is 2.39. The van der Waals surface area contributed by atoms with Crippen LogP contribution in [-0.4, -0.2) is 42.6 Å². The van der Waals surface area contributed by atoms with E-state index in [1.807, 2.05) is 19.2 Å². The van der Waals surface area contributed by atoms with Gasteiger partial charge in [0.2, 0.25) is 0 Å². The van der Waals surface area contributed by atoms with Gasteiger partial charge in [0.25, 0.3) is 0 Å². The number of esters is 1. The van der Waals surface area contributed by atoms with Crippen LogP contribution in [0.15, 0.2) is 24.5 Å². The normalized spacial score (nSPS) is 16.6. The van der Waals surface area contributed by atoms with Crippen molar-refractivity contribution in [3.8, 4) is 0 Å². The fourth-order valence-electron chi connectivity index (χ4n) is 2.26. The van der Waals surface area contributed by atoms with E-state index in [0.29, 0.717) is 5.92 Å². The largest absolute Gasteiger partial charge is 0.468 e. The molecule has 0 saturated heterocycles. The Balaban J connectivity index is 1.89. The molecule has 1 aromatic heterocycles. The number of ether oxygens (including phenoxy) is 1. The second kappa shape index (κ2) is 5.96. The number of rotatable bonds is 6. The quantitative estimate of drug-likeness (QED) is 0.716. The van der Waals surface area contributed by atoms with E-state index in [9.17, 15) is 4.79 Å². The summed E-state index contributed by atoms with van der Waals surface area (Å²) in [6, 6.07) is 3.95. The van der Waals surface area contributed by atoms with Crippen LogP contribution in [0, 0.1) is 5.92 Å². The molecule has 1 heterocycles. The summed E-state index contributed by atoms with van der Waals surface area (Å²) in [5.41, 5.74) is 1.25. The molecule has 1 aliphatic rings. The SMILES string of the molecule is COC(=O)C(C1CC1)N(C)CCc1ccncc1. The van der Waals surface area contributed by atoms with E-state index in [1.54, 1.807) is 12.4 Å². The molecule has 0 N–H and O–H groups in total. The first-order valence-electron chi connectivity index (χ1n) is 6.39. The summed E-state index contributed by atoms with van der Waals surface area (Å²) in [4.78, 5) is 17.9. The number of pyridine rings is 1. The minimum absolute atomic E-state index is 0.0724. The number of hydrogen-bond donors (Lipinski definition) is 0. The van der Waals surface area contributed by atoms with Gasteiger partial charge in [-0.1, -0.05) is 0 Å². The summed E-state index contributed by atoms with van der Waals surface area (Å²) in [6.45, 7) is 0.861. The number of nitrogens with zero attached hydrogens (tertiary/aromatic N) is 2. The molecule has 98 valence electrons. The predicted molar refractivity (Wildman–Crippen MR) is 69.1 cm³/mol. The predicted octanol–water partition coefficient (Wildman–Crippen LogP) is 1.51. The highest BCUT2D eigenvalue weighted by Crippen LogP contribution is 2.35. The first kappa shape index (κ1) is 13.0. The lowest BCUT2D eigenvalue weighted by Gasteiger charge is -2.25. The van der Waals surface area contributed by atoms with Crippen molar-refractivity contribution < 1.29 is 9.53 Å². The Morgan fingerprint density at radius 3 is 2.72 bits per heavy atom. The van der Waals surface area contributed by atoms with Crippen molar-refractivity contribution in [2.24, 2.45) is 5.92 Å². The van der Waals surface area contributed by atoms with Crippen LogP contribution in [0.2, 0.25) is 0 Å². The van der Waals surface area contributed by atoms with Crippen LogP contribution >= 0.6 is 0 Å². The average molecular weight is 248 g/mol. The van der Waals surface area contributed by atoms with Crippen molar-refractivity contribution in [2.45, 2.75) is 25.3 Å². The van der Waals surface area contributed by atoms with Gasteiger partial charge in [0, 0.05) is 18.9 Å². The molecule has 1 saturated carbocycles. The molecule has 0 amide bonds. The molecule has 4 nitrogen and oxygen atoms in total. The third-order valence-electron chi connectivity index (χ3n) is 3.49. The van der Waals surface area contributed by atoms with Crippen molar-refractivity contribution in [3.05, 3.63) is 30.1 Å². The lowest BCUT2D eigenvalue weighted by atomic mass is 10.1. The van der Waals surface area contributed by atoms with E-state index in [0.717, 1.165) is 25.8 Å². The summed E-state index contributed by atoms with van der Waals surface area (Å²) in [5, 5.41) is 0. The van der Waals surface area contributed by atoms with Crippen molar-refractivity contribution in [2.75, 3.05) is 20.7 Å². The molecule has 1 fully saturated rings. The lowest BCUT2D eigenvalue weighted by molar-refractivity contribution is -0.147. The molecule has 18 heavy (non-hydrogen) atoms. The fourth-order valence-corrected chi connectivity index (χ4v) is 2.26. The zero-order valence-electron chi connectivity index (χ0n) is 11.0. The molecule has 0 aliphatic heterocycles. The molecule has 2 rings (SSSR count). The first-order valence-corrected chi connectivity index (χ1v) is 6.39. The van der Waals surface area contributed by atoms with Crippen LogP contribution in [0.1, 0.15) is 18.4 Å². The average Bonchev–Trinajstić information content (AvgIpc) is 3.22. The van der Waals surface area contributed by atoms with Gasteiger partial charge < -0.3 is 4.74 Å². The van der Waals surface area contributed by atoms with Crippen LogP contribution in [-0.2, 0) is 16.0 Å². The molecule has 1 atom stereocenters. The fraction of sp³-hybridized carbons (Fsp3) is 0.571. The van der Waals surface area contributed by atoms with Crippen molar-refractivity contribution in [1.82, 2.24) is 9.88 Å². The molecule has 0 spiro atoms. The van der Waals surface area contributed by atoms with Crippen molar-refractivity contribution in [3.63, 3.8) is 0 Å². The molecular weight excluding hydrogens is 228 g/mol. The van der Waals surface area contributed by atoms with E-state index < -0.39 is 0 Å². The van der Waals surface area contributed by atoms with Crippen molar-refractivity contribution in [1.29, 1.82) is 0 Å². The van der Waals surface area contributed by atoms with Crippen LogP contribution in [0.5, 0.6) is 0 Å². The molecule has 0 bridgehead atoms. The highest BCUT2D eigenvalue weighted by atomic mass is 16.5. The van der Waals surface area contributed by atoms with Crippen LogP contribution < -0.4 is 0 Å². The minimum atomic E-state index is -0.102. The summed E-state index contributed by atoms with van der Waals surface area (Å²) in [7, 11) is 3.47. The second-order valence-electron chi connectivity index (χ2n) is 4.89. The summed E-state index contributed by atoms with van der Waals surface area (Å²) < 4.78 is 4.90. The highest BCUT2D eigenvalue weighted by molar-refractivity contribution is 5.76. The Kier molecular flexibility index (Phi) is 4.31. The first-order chi connectivity index (χ1) is 8.72. The van der Waals surface area contributed by atoms with Crippen LogP contribution in [0.4, 0.5) is 0 Å². The van der Waals surface area contributed by atoms with E-state index in [1.165, 1.54) is 12.7 Å². The van der Waals surface area contributed by atoms with Gasteiger partial charge in [0.05, 0.1) is 7.11 Å². The summed E-state index contributed by atoms with van der Waals surface area (Å²) in [6.07, 6.45) is 6.81. The van der Waals surface area contributed by atoms with Gasteiger partial charge in [-0.25, -0.2) is 0 Å². The Morgan fingerprint density at radius 1 is 1.50 bits per heavy atom. The van der Waals surface area contributed by atoms with Gasteiger partial charge in [-0.2, -0.15) is 0 Å². The van der Waals surface area contributed by atoms with Gasteiger partial charge in [-0.15, -0.1) is 0 Å². The number of aromatic nitrogens is 1. The zero-order chi connectivity index (χ0) is 13.0. The van der Waals surface area contributed by atoms with Crippen molar-refractivity contribution >= 4 is 5.97 Å². The number of likely N-dealkylation sites (N-methyl/N-ethyl adjacent to an activating group) is 1. The molecule has 4 heteroatoms. The Morgan fingerprint density at radius 2 is 2.17 bits per heavy atom. The third-order valence-corrected chi connectivity index (χ3v) is 3.49. The van der Waals surface area contributed by atoms with E-state index in [2.05, 4.69) is 9.88 Å². The van der Waals surface area contributed by atoms with Gasteiger partial charge in [-0.05, 0) is 49.9 Å². The number of carbonyl (C=O) groups excluding carboxylic acids is 1. The van der Waals surface area contributed by atoms with Crippen LogP contribution in [0.25, 0.3) is 0 Å². The summed E-state index contributed by atoms with van der Waals surface area (Å²) in [5.74, 6) is 0.384. The molecule has 0 radical (unpaired) electrons. The van der Waals surface area contributed by atoms with E-state index >= 15 is 0 Å². The maximum Gasteiger partial charge on any atom is 0.323 e. The maximum absolute atomic E-state index is 11.8. The zero-order valence-corrected chi connectivity index (χ0v) is 11.0. The van der Waals surface area contributed by atoms with Gasteiger partial charge in [0.1, 0.15) is 6.04 Å². The molecule has 0 aromatic carbocycles. The Bertz CT molecular complexity index is 390. The number of methoxy groups -OCH3 is 1. The van der Waals surface area contributed by atoms with Gasteiger partial charge >= 0.3 is 5.97 Å². The third kappa shape index (κ3) is 3.29. The molecule has 1 aromatic rings. The Hall–Kier alpha value is -1.42. The molecular formula is C14H20N2O2. The van der Waals surface area contributed by atoms with Gasteiger partial charge in [-0.3, -0.25) is 14.7 Å². The topological polar surface area (TPSA) is 42.4 Å². The number of hydrogen-bond acceptors (Lipinski definition) is 4. The standard InChI is InChI=1S/C14H20N2O2/c1-16(10-7-11-5-8-15-9-6-11)13(12-3-4-12)14(17)18-2/h5-6,8-9,12-13H,3-4,7,10H2,1-2H3. The monoisotopic (exact) mass is 248 g/mol. The Labute approximate surface area is 108 Å². The van der Waals surface area contributed by atoms with E-state index in [4.69, 9.17) is 4.74 Å². The maximum atomic E-state index is 11.8. The molecule has 1 unspecified atom stereocenters. The lowest BCUT2D eigenvalue weighted by Crippen LogP contribution is -2.42. The van der Waals surface area contributed by atoms with Gasteiger partial charge in [0.15, 0.2) is 0 Å². The smallest absolute Gasteiger partial charge is 0.323 e. The second-order valence-corrected chi connectivity index (χ2v) is 4.89. The minimum Gasteiger partial charge on any atom is -0.468 e.